The third-order valence-electron chi connectivity index (χ3n) is 2.75. The molecule has 0 atom stereocenters. The SMILES string of the molecule is CNc1snnc1CN1CCN(C)CC1. The number of rotatable bonds is 3. The lowest BCUT2D eigenvalue weighted by Gasteiger charge is -2.31. The van der Waals surface area contributed by atoms with Crippen LogP contribution < -0.4 is 5.32 Å². The molecule has 2 rings (SSSR count). The van der Waals surface area contributed by atoms with Crippen LogP contribution in [-0.4, -0.2) is 59.7 Å². The van der Waals surface area contributed by atoms with Gasteiger partial charge >= 0.3 is 0 Å². The molecule has 84 valence electrons. The summed E-state index contributed by atoms with van der Waals surface area (Å²) in [7, 11) is 4.09. The second-order valence-corrected chi connectivity index (χ2v) is 4.63. The Bertz CT molecular complexity index is 305. The van der Waals surface area contributed by atoms with Crippen LogP contribution >= 0.6 is 11.5 Å². The molecule has 1 aromatic rings. The molecule has 0 radical (unpaired) electrons. The highest BCUT2D eigenvalue weighted by atomic mass is 32.1. The molecule has 2 heterocycles. The highest BCUT2D eigenvalue weighted by Crippen LogP contribution is 2.18. The predicted molar refractivity (Wildman–Crippen MR) is 62.2 cm³/mol. The molecule has 6 heteroatoms. The normalized spacial score (nSPS) is 19.3. The van der Waals surface area contributed by atoms with Crippen molar-refractivity contribution in [3.8, 4) is 0 Å². The number of anilines is 1. The van der Waals surface area contributed by atoms with Gasteiger partial charge in [0.05, 0.1) is 0 Å². The molecule has 0 unspecified atom stereocenters. The lowest BCUT2D eigenvalue weighted by atomic mass is 10.3. The smallest absolute Gasteiger partial charge is 0.134 e. The zero-order valence-electron chi connectivity index (χ0n) is 9.23. The van der Waals surface area contributed by atoms with Crippen LogP contribution in [0.1, 0.15) is 5.69 Å². The van der Waals surface area contributed by atoms with Crippen molar-refractivity contribution in [1.82, 2.24) is 19.4 Å². The molecule has 0 bridgehead atoms. The monoisotopic (exact) mass is 227 g/mol. The van der Waals surface area contributed by atoms with E-state index in [4.69, 9.17) is 0 Å². The number of piperazine rings is 1. The summed E-state index contributed by atoms with van der Waals surface area (Å²) in [5, 5.41) is 8.37. The Hall–Kier alpha value is -0.720. The molecule has 1 saturated heterocycles. The standard InChI is InChI=1S/C9H17N5S/c1-10-9-8(11-12-15-9)7-14-5-3-13(2)4-6-14/h10H,3-7H2,1-2H3. The van der Waals surface area contributed by atoms with Gasteiger partial charge in [-0.3, -0.25) is 4.90 Å². The van der Waals surface area contributed by atoms with Crippen LogP contribution in [0.5, 0.6) is 0 Å². The minimum absolute atomic E-state index is 0.917. The van der Waals surface area contributed by atoms with Crippen LogP contribution in [0.15, 0.2) is 0 Å². The van der Waals surface area contributed by atoms with Crippen molar-refractivity contribution in [1.29, 1.82) is 0 Å². The highest BCUT2D eigenvalue weighted by molar-refractivity contribution is 7.10. The topological polar surface area (TPSA) is 44.3 Å². The molecule has 1 aliphatic rings. The molecule has 0 aromatic carbocycles. The lowest BCUT2D eigenvalue weighted by Crippen LogP contribution is -2.44. The van der Waals surface area contributed by atoms with Crippen LogP contribution in [0.4, 0.5) is 5.00 Å². The molecule has 15 heavy (non-hydrogen) atoms. The van der Waals surface area contributed by atoms with E-state index in [9.17, 15) is 0 Å². The number of hydrogen-bond acceptors (Lipinski definition) is 6. The molecule has 0 aliphatic carbocycles. The lowest BCUT2D eigenvalue weighted by molar-refractivity contribution is 0.147. The zero-order valence-corrected chi connectivity index (χ0v) is 10.0. The summed E-state index contributed by atoms with van der Waals surface area (Å²) in [6, 6.07) is 0. The molecule has 1 fully saturated rings. The number of likely N-dealkylation sites (N-methyl/N-ethyl adjacent to an activating group) is 1. The molecular weight excluding hydrogens is 210 g/mol. The van der Waals surface area contributed by atoms with Crippen molar-refractivity contribution in [2.45, 2.75) is 6.54 Å². The fourth-order valence-electron chi connectivity index (χ4n) is 1.72. The Kier molecular flexibility index (Phi) is 3.50. The summed E-state index contributed by atoms with van der Waals surface area (Å²) >= 11 is 1.43. The van der Waals surface area contributed by atoms with Gasteiger partial charge in [-0.15, -0.1) is 5.10 Å². The molecule has 5 nitrogen and oxygen atoms in total. The fraction of sp³-hybridized carbons (Fsp3) is 0.778. The van der Waals surface area contributed by atoms with Gasteiger partial charge in [0, 0.05) is 51.3 Å². The van der Waals surface area contributed by atoms with Crippen molar-refractivity contribution >= 4 is 16.5 Å². The Balaban J connectivity index is 1.91. The van der Waals surface area contributed by atoms with Crippen molar-refractivity contribution in [3.63, 3.8) is 0 Å². The van der Waals surface area contributed by atoms with Gasteiger partial charge in [0.1, 0.15) is 10.7 Å². The minimum Gasteiger partial charge on any atom is -0.377 e. The Morgan fingerprint density at radius 2 is 2.07 bits per heavy atom. The third-order valence-corrected chi connectivity index (χ3v) is 3.54. The van der Waals surface area contributed by atoms with E-state index in [1.54, 1.807) is 0 Å². The Labute approximate surface area is 94.2 Å². The minimum atomic E-state index is 0.917. The summed E-state index contributed by atoms with van der Waals surface area (Å²) in [6.45, 7) is 5.45. The van der Waals surface area contributed by atoms with E-state index < -0.39 is 0 Å². The summed E-state index contributed by atoms with van der Waals surface area (Å²) in [4.78, 5) is 4.78. The van der Waals surface area contributed by atoms with Crippen LogP contribution in [0.3, 0.4) is 0 Å². The number of nitrogens with zero attached hydrogens (tertiary/aromatic N) is 4. The van der Waals surface area contributed by atoms with Crippen molar-refractivity contribution < 1.29 is 0 Å². The number of nitrogens with one attached hydrogen (secondary N) is 1. The van der Waals surface area contributed by atoms with Crippen molar-refractivity contribution in [2.24, 2.45) is 0 Å². The van der Waals surface area contributed by atoms with Gasteiger partial charge in [0.2, 0.25) is 0 Å². The number of aromatic nitrogens is 2. The van der Waals surface area contributed by atoms with Gasteiger partial charge in [0.15, 0.2) is 0 Å². The average Bonchev–Trinajstić information content (AvgIpc) is 2.69. The molecular formula is C9H17N5S. The van der Waals surface area contributed by atoms with Gasteiger partial charge in [-0.05, 0) is 7.05 Å². The van der Waals surface area contributed by atoms with E-state index in [2.05, 4.69) is 31.8 Å². The summed E-state index contributed by atoms with van der Waals surface area (Å²) < 4.78 is 3.97. The van der Waals surface area contributed by atoms with E-state index >= 15 is 0 Å². The van der Waals surface area contributed by atoms with E-state index in [1.807, 2.05) is 7.05 Å². The Morgan fingerprint density at radius 3 is 2.73 bits per heavy atom. The number of hydrogen-bond donors (Lipinski definition) is 1. The predicted octanol–water partition coefficient (Wildman–Crippen LogP) is 0.327. The molecule has 1 aliphatic heterocycles. The fourth-order valence-corrected chi connectivity index (χ4v) is 2.24. The van der Waals surface area contributed by atoms with Crippen molar-refractivity contribution in [3.05, 3.63) is 5.69 Å². The van der Waals surface area contributed by atoms with E-state index in [1.165, 1.54) is 11.5 Å². The van der Waals surface area contributed by atoms with Crippen LogP contribution in [0, 0.1) is 0 Å². The van der Waals surface area contributed by atoms with Crippen LogP contribution in [0.2, 0.25) is 0 Å². The van der Waals surface area contributed by atoms with E-state index in [0.29, 0.717) is 0 Å². The third kappa shape index (κ3) is 2.64. The second-order valence-electron chi connectivity index (χ2n) is 3.88. The maximum Gasteiger partial charge on any atom is 0.134 e. The first kappa shape index (κ1) is 10.8. The molecule has 1 N–H and O–H groups in total. The first-order valence-electron chi connectivity index (χ1n) is 5.19. The molecule has 0 amide bonds. The first-order chi connectivity index (χ1) is 7.29. The molecule has 0 saturated carbocycles. The largest absolute Gasteiger partial charge is 0.377 e. The van der Waals surface area contributed by atoms with Gasteiger partial charge in [-0.2, -0.15) is 0 Å². The first-order valence-corrected chi connectivity index (χ1v) is 5.97. The van der Waals surface area contributed by atoms with E-state index in [0.717, 1.165) is 43.4 Å². The highest BCUT2D eigenvalue weighted by Gasteiger charge is 2.16. The van der Waals surface area contributed by atoms with Crippen molar-refractivity contribution in [2.75, 3.05) is 45.6 Å². The summed E-state index contributed by atoms with van der Waals surface area (Å²) in [6.07, 6.45) is 0. The van der Waals surface area contributed by atoms with Gasteiger partial charge in [-0.25, -0.2) is 0 Å². The second kappa shape index (κ2) is 4.87. The van der Waals surface area contributed by atoms with Gasteiger partial charge in [-0.1, -0.05) is 4.49 Å². The van der Waals surface area contributed by atoms with Crippen LogP contribution in [-0.2, 0) is 6.54 Å². The average molecular weight is 227 g/mol. The maximum atomic E-state index is 4.15. The molecule has 0 spiro atoms. The summed E-state index contributed by atoms with van der Waals surface area (Å²) in [5.41, 5.74) is 1.08. The summed E-state index contributed by atoms with van der Waals surface area (Å²) in [5.74, 6) is 0. The van der Waals surface area contributed by atoms with E-state index in [-0.39, 0.29) is 0 Å². The zero-order chi connectivity index (χ0) is 10.7. The van der Waals surface area contributed by atoms with Gasteiger partial charge in [0.25, 0.3) is 0 Å². The molecule has 1 aromatic heterocycles. The van der Waals surface area contributed by atoms with Crippen LogP contribution in [0.25, 0.3) is 0 Å². The quantitative estimate of drug-likeness (QED) is 0.806. The van der Waals surface area contributed by atoms with Gasteiger partial charge < -0.3 is 10.2 Å². The maximum absolute atomic E-state index is 4.15. The Morgan fingerprint density at radius 1 is 1.33 bits per heavy atom.